The minimum Gasteiger partial charge on any atom is -0.508 e. The first-order chi connectivity index (χ1) is 8.86. The van der Waals surface area contributed by atoms with Crippen molar-refractivity contribution >= 4 is 15.9 Å². The Hall–Kier alpha value is -1.76. The molecule has 1 aromatic heterocycles. The first-order valence-corrected chi connectivity index (χ1v) is 5.85. The highest BCUT2D eigenvalue weighted by Gasteiger charge is 2.35. The Morgan fingerprint density at radius 1 is 1.16 bits per heavy atom. The zero-order valence-corrected chi connectivity index (χ0v) is 10.9. The molecular weight excluding hydrogens is 327 g/mol. The number of hydrogen-bond donors (Lipinski definition) is 1. The van der Waals surface area contributed by atoms with Crippen molar-refractivity contribution in [1.29, 1.82) is 0 Å². The molecule has 19 heavy (non-hydrogen) atoms. The van der Waals surface area contributed by atoms with Gasteiger partial charge in [-0.1, -0.05) is 0 Å². The molecule has 100 valence electrons. The van der Waals surface area contributed by atoms with Crippen molar-refractivity contribution in [1.82, 2.24) is 4.98 Å². The molecule has 0 unspecified atom stereocenters. The number of rotatable bonds is 2. The van der Waals surface area contributed by atoms with E-state index < -0.39 is 17.6 Å². The van der Waals surface area contributed by atoms with E-state index in [9.17, 15) is 13.2 Å². The van der Waals surface area contributed by atoms with Gasteiger partial charge < -0.3 is 9.84 Å². The van der Waals surface area contributed by atoms with Gasteiger partial charge in [-0.2, -0.15) is 13.2 Å². The second-order valence-corrected chi connectivity index (χ2v) is 4.52. The fraction of sp³-hybridized carbons (Fsp3) is 0.0833. The van der Waals surface area contributed by atoms with E-state index >= 15 is 0 Å². The maximum absolute atomic E-state index is 12.8. The summed E-state index contributed by atoms with van der Waals surface area (Å²) in [6.45, 7) is 0. The van der Waals surface area contributed by atoms with Crippen LogP contribution in [0, 0.1) is 0 Å². The van der Waals surface area contributed by atoms with Gasteiger partial charge in [-0.15, -0.1) is 0 Å². The van der Waals surface area contributed by atoms with Crippen LogP contribution in [-0.2, 0) is 6.18 Å². The molecule has 1 N–H and O–H groups in total. The van der Waals surface area contributed by atoms with E-state index in [2.05, 4.69) is 20.9 Å². The SMILES string of the molecule is Oc1ccc(Oc2ncc(Br)cc2C(F)(F)F)cc1. The maximum atomic E-state index is 12.8. The lowest BCUT2D eigenvalue weighted by molar-refractivity contribution is -0.138. The number of pyridine rings is 1. The van der Waals surface area contributed by atoms with Crippen LogP contribution in [0.25, 0.3) is 0 Å². The minimum absolute atomic E-state index is 0.00726. The van der Waals surface area contributed by atoms with E-state index in [4.69, 9.17) is 9.84 Å². The van der Waals surface area contributed by atoms with Gasteiger partial charge in [0.15, 0.2) is 0 Å². The van der Waals surface area contributed by atoms with Crippen LogP contribution < -0.4 is 4.74 Å². The summed E-state index contributed by atoms with van der Waals surface area (Å²) in [6.07, 6.45) is -3.35. The van der Waals surface area contributed by atoms with E-state index in [1.807, 2.05) is 0 Å². The van der Waals surface area contributed by atoms with Crippen molar-refractivity contribution in [3.63, 3.8) is 0 Å². The number of aromatic nitrogens is 1. The Kier molecular flexibility index (Phi) is 3.66. The molecule has 2 aromatic rings. The summed E-state index contributed by atoms with van der Waals surface area (Å²) in [5, 5.41) is 9.09. The van der Waals surface area contributed by atoms with Gasteiger partial charge >= 0.3 is 6.18 Å². The van der Waals surface area contributed by atoms with E-state index in [-0.39, 0.29) is 16.0 Å². The van der Waals surface area contributed by atoms with Gasteiger partial charge in [0.25, 0.3) is 0 Å². The highest BCUT2D eigenvalue weighted by Crippen LogP contribution is 2.38. The number of hydrogen-bond acceptors (Lipinski definition) is 3. The molecule has 2 rings (SSSR count). The van der Waals surface area contributed by atoms with Gasteiger partial charge in [-0.05, 0) is 46.3 Å². The molecule has 0 bridgehead atoms. The second kappa shape index (κ2) is 5.08. The second-order valence-electron chi connectivity index (χ2n) is 3.60. The van der Waals surface area contributed by atoms with Gasteiger partial charge in [0.2, 0.25) is 5.88 Å². The van der Waals surface area contributed by atoms with Crippen LogP contribution in [-0.4, -0.2) is 10.1 Å². The van der Waals surface area contributed by atoms with Gasteiger partial charge in [-0.25, -0.2) is 4.98 Å². The highest BCUT2D eigenvalue weighted by molar-refractivity contribution is 9.10. The van der Waals surface area contributed by atoms with Crippen molar-refractivity contribution in [2.75, 3.05) is 0 Å². The fourth-order valence-corrected chi connectivity index (χ4v) is 1.67. The van der Waals surface area contributed by atoms with Crippen molar-refractivity contribution in [2.24, 2.45) is 0 Å². The van der Waals surface area contributed by atoms with Gasteiger partial charge in [0, 0.05) is 10.7 Å². The molecule has 1 aromatic carbocycles. The molecule has 0 radical (unpaired) electrons. The third-order valence-corrected chi connectivity index (χ3v) is 2.61. The van der Waals surface area contributed by atoms with E-state index in [0.29, 0.717) is 0 Å². The summed E-state index contributed by atoms with van der Waals surface area (Å²) < 4.78 is 43.7. The number of ether oxygens (including phenoxy) is 1. The van der Waals surface area contributed by atoms with E-state index in [1.165, 1.54) is 30.5 Å². The van der Waals surface area contributed by atoms with Crippen molar-refractivity contribution in [2.45, 2.75) is 6.18 Å². The van der Waals surface area contributed by atoms with Crippen LogP contribution in [0.5, 0.6) is 17.4 Å². The molecule has 0 spiro atoms. The fourth-order valence-electron chi connectivity index (χ4n) is 1.34. The number of nitrogens with zero attached hydrogens (tertiary/aromatic N) is 1. The predicted molar refractivity (Wildman–Crippen MR) is 65.1 cm³/mol. The zero-order valence-electron chi connectivity index (χ0n) is 9.28. The lowest BCUT2D eigenvalue weighted by Crippen LogP contribution is -2.08. The molecule has 0 amide bonds. The molecule has 0 atom stereocenters. The number of phenolic OH excluding ortho intramolecular Hbond substituents is 1. The summed E-state index contributed by atoms with van der Waals surface area (Å²) in [4.78, 5) is 3.61. The lowest BCUT2D eigenvalue weighted by Gasteiger charge is -2.12. The van der Waals surface area contributed by atoms with Gasteiger partial charge in [0.05, 0.1) is 0 Å². The number of phenols is 1. The first kappa shape index (κ1) is 13.7. The zero-order chi connectivity index (χ0) is 14.0. The molecule has 7 heteroatoms. The van der Waals surface area contributed by atoms with Crippen LogP contribution >= 0.6 is 15.9 Å². The quantitative estimate of drug-likeness (QED) is 0.887. The smallest absolute Gasteiger partial charge is 0.421 e. The molecular formula is C12H7BrF3NO2. The van der Waals surface area contributed by atoms with E-state index in [0.717, 1.165) is 6.07 Å². The van der Waals surface area contributed by atoms with E-state index in [1.54, 1.807) is 0 Å². The van der Waals surface area contributed by atoms with Crippen LogP contribution in [0.2, 0.25) is 0 Å². The monoisotopic (exact) mass is 333 g/mol. The standard InChI is InChI=1S/C12H7BrF3NO2/c13-7-5-10(12(14,15)16)11(17-6-7)19-9-3-1-8(18)2-4-9/h1-6,18H. The van der Waals surface area contributed by atoms with Crippen molar-refractivity contribution < 1.29 is 23.0 Å². The van der Waals surface area contributed by atoms with Gasteiger partial charge in [0.1, 0.15) is 17.1 Å². The van der Waals surface area contributed by atoms with Crippen LogP contribution in [0.4, 0.5) is 13.2 Å². The number of halogens is 4. The molecule has 3 nitrogen and oxygen atoms in total. The van der Waals surface area contributed by atoms with Crippen LogP contribution in [0.1, 0.15) is 5.56 Å². The maximum Gasteiger partial charge on any atom is 0.421 e. The number of alkyl halides is 3. The molecule has 0 aliphatic heterocycles. The normalized spacial score (nSPS) is 11.4. The summed E-state index contributed by atoms with van der Waals surface area (Å²) in [6, 6.07) is 6.20. The predicted octanol–water partition coefficient (Wildman–Crippen LogP) is 4.36. The average molecular weight is 334 g/mol. The Morgan fingerprint density at radius 2 is 1.79 bits per heavy atom. The van der Waals surface area contributed by atoms with Crippen LogP contribution in [0.3, 0.4) is 0 Å². The molecule has 0 aliphatic carbocycles. The minimum atomic E-state index is -4.57. The lowest BCUT2D eigenvalue weighted by atomic mass is 10.2. The topological polar surface area (TPSA) is 42.4 Å². The number of benzene rings is 1. The van der Waals surface area contributed by atoms with Crippen molar-refractivity contribution in [3.8, 4) is 17.4 Å². The molecule has 1 heterocycles. The summed E-state index contributed by atoms with van der Waals surface area (Å²) >= 11 is 2.93. The summed E-state index contributed by atoms with van der Waals surface area (Å²) in [5.74, 6) is -0.397. The first-order valence-electron chi connectivity index (χ1n) is 5.06. The Balaban J connectivity index is 2.37. The largest absolute Gasteiger partial charge is 0.508 e. The summed E-state index contributed by atoms with van der Waals surface area (Å²) in [5.41, 5.74) is -0.977. The molecule has 0 aliphatic rings. The Labute approximate surface area is 114 Å². The Morgan fingerprint density at radius 3 is 2.37 bits per heavy atom. The molecule has 0 saturated carbocycles. The third kappa shape index (κ3) is 3.37. The summed E-state index contributed by atoms with van der Waals surface area (Å²) in [7, 11) is 0. The van der Waals surface area contributed by atoms with Crippen LogP contribution in [0.15, 0.2) is 41.0 Å². The molecule has 0 saturated heterocycles. The highest BCUT2D eigenvalue weighted by atomic mass is 79.9. The Bertz CT molecular complexity index is 585. The van der Waals surface area contributed by atoms with Gasteiger partial charge in [-0.3, -0.25) is 0 Å². The number of aromatic hydroxyl groups is 1. The molecule has 0 fully saturated rings. The average Bonchev–Trinajstić information content (AvgIpc) is 2.33. The van der Waals surface area contributed by atoms with Crippen molar-refractivity contribution in [3.05, 3.63) is 46.6 Å². The third-order valence-electron chi connectivity index (χ3n) is 2.17.